The number of benzene rings is 10. The molecule has 0 aliphatic rings. The third kappa shape index (κ3) is 6.23. The number of anilines is 3. The monoisotopic (exact) mass is 765 g/mol. The molecule has 0 aliphatic carbocycles. The Balaban J connectivity index is 1.08. The van der Waals surface area contributed by atoms with Crippen LogP contribution in [-0.4, -0.2) is 0 Å². The summed E-state index contributed by atoms with van der Waals surface area (Å²) < 4.78 is 6.77. The molecule has 0 saturated carbocycles. The Bertz CT molecular complexity index is 3290. The van der Waals surface area contributed by atoms with Crippen LogP contribution in [0.15, 0.2) is 241 Å². The second kappa shape index (κ2) is 15.1. The standard InChI is InChI=1S/C58H39NO/c1-3-16-40(17-4-1)49-23-9-11-25-52(49)53-26-12-10-24-50(53)44-32-36-46(37-33-44)59(45-34-30-43(31-35-45)48-28-15-21-41-20-7-8-22-47(41)48)55-39-38-51(42-18-5-2-6-19-42)58-57(55)54-27-13-14-29-56(54)60-58/h1-39H. The van der Waals surface area contributed by atoms with E-state index in [0.29, 0.717) is 0 Å². The van der Waals surface area contributed by atoms with E-state index < -0.39 is 0 Å². The van der Waals surface area contributed by atoms with E-state index in [9.17, 15) is 0 Å². The van der Waals surface area contributed by atoms with E-state index in [1.807, 2.05) is 6.07 Å². The quantitative estimate of drug-likeness (QED) is 0.153. The van der Waals surface area contributed by atoms with E-state index in [4.69, 9.17) is 4.42 Å². The van der Waals surface area contributed by atoms with Gasteiger partial charge in [-0.15, -0.1) is 0 Å². The van der Waals surface area contributed by atoms with Gasteiger partial charge < -0.3 is 9.32 Å². The summed E-state index contributed by atoms with van der Waals surface area (Å²) in [7, 11) is 0. The van der Waals surface area contributed by atoms with Crippen LogP contribution in [0.5, 0.6) is 0 Å². The van der Waals surface area contributed by atoms with Gasteiger partial charge in [0.05, 0.1) is 11.1 Å². The first kappa shape index (κ1) is 35.2. The van der Waals surface area contributed by atoms with Crippen molar-refractivity contribution in [3.05, 3.63) is 237 Å². The topological polar surface area (TPSA) is 16.4 Å². The molecule has 0 fully saturated rings. The summed E-state index contributed by atoms with van der Waals surface area (Å²) in [4.78, 5) is 2.38. The molecule has 2 heteroatoms. The lowest BCUT2D eigenvalue weighted by molar-refractivity contribution is 0.670. The van der Waals surface area contributed by atoms with Crippen molar-refractivity contribution in [3.8, 4) is 55.6 Å². The Kier molecular flexibility index (Phi) is 8.87. The van der Waals surface area contributed by atoms with Crippen LogP contribution in [0.1, 0.15) is 0 Å². The highest BCUT2D eigenvalue weighted by Crippen LogP contribution is 2.47. The average molecular weight is 766 g/mol. The molecule has 0 bridgehead atoms. The molecule has 0 N–H and O–H groups in total. The van der Waals surface area contributed by atoms with Gasteiger partial charge >= 0.3 is 0 Å². The third-order valence-corrected chi connectivity index (χ3v) is 11.7. The van der Waals surface area contributed by atoms with E-state index in [-0.39, 0.29) is 0 Å². The highest BCUT2D eigenvalue weighted by atomic mass is 16.3. The maximum atomic E-state index is 6.77. The lowest BCUT2D eigenvalue weighted by atomic mass is 9.89. The maximum Gasteiger partial charge on any atom is 0.145 e. The second-order valence-electron chi connectivity index (χ2n) is 15.2. The van der Waals surface area contributed by atoms with Gasteiger partial charge in [0.25, 0.3) is 0 Å². The fourth-order valence-electron chi connectivity index (χ4n) is 8.88. The molecule has 60 heavy (non-hydrogen) atoms. The van der Waals surface area contributed by atoms with Gasteiger partial charge in [-0.05, 0) is 103 Å². The van der Waals surface area contributed by atoms with E-state index in [2.05, 4.69) is 235 Å². The van der Waals surface area contributed by atoms with Crippen LogP contribution in [0.2, 0.25) is 0 Å². The van der Waals surface area contributed by atoms with Crippen molar-refractivity contribution >= 4 is 49.8 Å². The molecule has 282 valence electrons. The third-order valence-electron chi connectivity index (χ3n) is 11.7. The summed E-state index contributed by atoms with van der Waals surface area (Å²) in [5, 5.41) is 4.64. The largest absolute Gasteiger partial charge is 0.455 e. The maximum absolute atomic E-state index is 6.77. The van der Waals surface area contributed by atoms with Crippen molar-refractivity contribution in [2.45, 2.75) is 0 Å². The van der Waals surface area contributed by atoms with E-state index >= 15 is 0 Å². The molecule has 1 aromatic heterocycles. The summed E-state index contributed by atoms with van der Waals surface area (Å²) in [6.07, 6.45) is 0. The Morgan fingerprint density at radius 1 is 0.283 bits per heavy atom. The minimum absolute atomic E-state index is 0.867. The minimum atomic E-state index is 0.867. The van der Waals surface area contributed by atoms with Gasteiger partial charge in [-0.25, -0.2) is 0 Å². The first-order chi connectivity index (χ1) is 29.8. The lowest BCUT2D eigenvalue weighted by Gasteiger charge is -2.27. The number of fused-ring (bicyclic) bond motifs is 4. The highest BCUT2D eigenvalue weighted by molar-refractivity contribution is 6.17. The van der Waals surface area contributed by atoms with Crippen LogP contribution >= 0.6 is 0 Å². The molecule has 11 aromatic rings. The van der Waals surface area contributed by atoms with Crippen LogP contribution in [-0.2, 0) is 0 Å². The molecule has 0 unspecified atom stereocenters. The summed E-state index contributed by atoms with van der Waals surface area (Å²) in [5.74, 6) is 0. The van der Waals surface area contributed by atoms with Crippen LogP contribution in [0, 0.1) is 0 Å². The zero-order valence-electron chi connectivity index (χ0n) is 32.9. The predicted molar refractivity (Wildman–Crippen MR) is 253 cm³/mol. The van der Waals surface area contributed by atoms with E-state index in [0.717, 1.165) is 55.7 Å². The number of hydrogen-bond donors (Lipinski definition) is 0. The van der Waals surface area contributed by atoms with Gasteiger partial charge in [0.1, 0.15) is 11.2 Å². The molecule has 0 atom stereocenters. The van der Waals surface area contributed by atoms with E-state index in [1.165, 1.54) is 49.7 Å². The molecule has 1 heterocycles. The number of rotatable bonds is 8. The molecule has 11 rings (SSSR count). The van der Waals surface area contributed by atoms with Crippen LogP contribution in [0.25, 0.3) is 88.3 Å². The molecule has 2 nitrogen and oxygen atoms in total. The first-order valence-electron chi connectivity index (χ1n) is 20.5. The van der Waals surface area contributed by atoms with Crippen LogP contribution < -0.4 is 4.90 Å². The second-order valence-corrected chi connectivity index (χ2v) is 15.2. The molecule has 10 aromatic carbocycles. The predicted octanol–water partition coefficient (Wildman–Crippen LogP) is 16.5. The van der Waals surface area contributed by atoms with Crippen LogP contribution in [0.4, 0.5) is 17.1 Å². The lowest BCUT2D eigenvalue weighted by Crippen LogP contribution is -2.10. The summed E-state index contributed by atoms with van der Waals surface area (Å²) in [5.41, 5.74) is 16.7. The SMILES string of the molecule is c1ccc(-c2ccccc2-c2ccccc2-c2ccc(N(c3ccc(-c4cccc5ccccc45)cc3)c3ccc(-c4ccccc4)c4oc5ccccc5c34)cc2)cc1. The Hall–Kier alpha value is -7.94. The van der Waals surface area contributed by atoms with Crippen molar-refractivity contribution in [2.24, 2.45) is 0 Å². The van der Waals surface area contributed by atoms with Crippen molar-refractivity contribution in [1.29, 1.82) is 0 Å². The Labute approximate surface area is 349 Å². The van der Waals surface area contributed by atoms with Crippen molar-refractivity contribution in [1.82, 2.24) is 0 Å². The molecular weight excluding hydrogens is 727 g/mol. The fourth-order valence-corrected chi connectivity index (χ4v) is 8.88. The number of para-hydroxylation sites is 1. The molecular formula is C58H39NO. The van der Waals surface area contributed by atoms with Gasteiger partial charge in [0.2, 0.25) is 0 Å². The Morgan fingerprint density at radius 3 is 1.37 bits per heavy atom. The molecule has 0 amide bonds. The number of hydrogen-bond acceptors (Lipinski definition) is 2. The minimum Gasteiger partial charge on any atom is -0.455 e. The van der Waals surface area contributed by atoms with E-state index in [1.54, 1.807) is 0 Å². The molecule has 0 radical (unpaired) electrons. The van der Waals surface area contributed by atoms with Gasteiger partial charge in [0.15, 0.2) is 0 Å². The number of nitrogens with zero attached hydrogens (tertiary/aromatic N) is 1. The highest BCUT2D eigenvalue weighted by Gasteiger charge is 2.23. The van der Waals surface area contributed by atoms with Crippen LogP contribution in [0.3, 0.4) is 0 Å². The first-order valence-corrected chi connectivity index (χ1v) is 20.5. The Morgan fingerprint density at radius 2 is 0.733 bits per heavy atom. The summed E-state index contributed by atoms with van der Waals surface area (Å²) in [6.45, 7) is 0. The number of furan rings is 1. The zero-order valence-corrected chi connectivity index (χ0v) is 32.9. The summed E-state index contributed by atoms with van der Waals surface area (Å²) >= 11 is 0. The van der Waals surface area contributed by atoms with Gasteiger partial charge in [-0.2, -0.15) is 0 Å². The zero-order chi connectivity index (χ0) is 39.8. The van der Waals surface area contributed by atoms with Gasteiger partial charge in [-0.3, -0.25) is 0 Å². The smallest absolute Gasteiger partial charge is 0.145 e. The summed E-state index contributed by atoms with van der Waals surface area (Å²) in [6, 6.07) is 84.7. The van der Waals surface area contributed by atoms with Gasteiger partial charge in [-0.1, -0.05) is 194 Å². The molecule has 0 saturated heterocycles. The average Bonchev–Trinajstić information content (AvgIpc) is 3.73. The van der Waals surface area contributed by atoms with Gasteiger partial charge in [0, 0.05) is 22.3 Å². The molecule has 0 spiro atoms. The van der Waals surface area contributed by atoms with Crippen molar-refractivity contribution in [2.75, 3.05) is 4.90 Å². The fraction of sp³-hybridized carbons (Fsp3) is 0. The molecule has 0 aliphatic heterocycles. The van der Waals surface area contributed by atoms with Crippen molar-refractivity contribution in [3.63, 3.8) is 0 Å². The normalized spacial score (nSPS) is 11.3. The van der Waals surface area contributed by atoms with Crippen molar-refractivity contribution < 1.29 is 4.42 Å².